The van der Waals surface area contributed by atoms with E-state index in [2.05, 4.69) is 5.32 Å². The molecule has 0 fully saturated rings. The molecule has 1 aromatic carbocycles. The predicted molar refractivity (Wildman–Crippen MR) is 83.5 cm³/mol. The largest absolute Gasteiger partial charge is 0.487 e. The summed E-state index contributed by atoms with van der Waals surface area (Å²) in [5.41, 5.74) is 5.88. The van der Waals surface area contributed by atoms with Crippen LogP contribution in [-0.2, 0) is 4.79 Å². The Morgan fingerprint density at radius 3 is 2.83 bits per heavy atom. The van der Waals surface area contributed by atoms with Gasteiger partial charge in [0.2, 0.25) is 6.41 Å². The van der Waals surface area contributed by atoms with Crippen LogP contribution in [0.2, 0.25) is 0 Å². The highest BCUT2D eigenvalue weighted by molar-refractivity contribution is 6.11. The fourth-order valence-corrected chi connectivity index (χ4v) is 2.63. The van der Waals surface area contributed by atoms with E-state index < -0.39 is 11.6 Å². The van der Waals surface area contributed by atoms with Crippen LogP contribution in [0.15, 0.2) is 12.1 Å². The second-order valence-electron chi connectivity index (χ2n) is 6.15. The monoisotopic (exact) mass is 320 g/mol. The summed E-state index contributed by atoms with van der Waals surface area (Å²) in [6.07, 6.45) is 0.483. The van der Waals surface area contributed by atoms with E-state index in [1.54, 1.807) is 19.9 Å². The molecule has 7 nitrogen and oxygen atoms in total. The third-order valence-electron chi connectivity index (χ3n) is 3.71. The maximum Gasteiger partial charge on any atom is 0.207 e. The first-order valence-corrected chi connectivity index (χ1v) is 7.27. The van der Waals surface area contributed by atoms with Crippen molar-refractivity contribution in [1.29, 1.82) is 0 Å². The number of anilines is 1. The van der Waals surface area contributed by atoms with Gasteiger partial charge in [-0.15, -0.1) is 0 Å². The van der Waals surface area contributed by atoms with Gasteiger partial charge in [-0.25, -0.2) is 0 Å². The Hall–Kier alpha value is -2.41. The number of nitrogens with two attached hydrogens (primary N) is 1. The van der Waals surface area contributed by atoms with Gasteiger partial charge in [0.05, 0.1) is 30.3 Å². The van der Waals surface area contributed by atoms with E-state index >= 15 is 0 Å². The van der Waals surface area contributed by atoms with Crippen molar-refractivity contribution in [2.45, 2.75) is 38.3 Å². The number of carbonyl (C=O) groups excluding carboxylic acids is 3. The number of aliphatic hydroxyl groups is 1. The van der Waals surface area contributed by atoms with Crippen LogP contribution in [0.1, 0.15) is 47.4 Å². The molecule has 0 radical (unpaired) electrons. The second kappa shape index (κ2) is 6.37. The van der Waals surface area contributed by atoms with Crippen molar-refractivity contribution >= 4 is 23.7 Å². The molecule has 7 heteroatoms. The number of hydrogen-bond acceptors (Lipinski definition) is 6. The van der Waals surface area contributed by atoms with E-state index in [1.807, 2.05) is 0 Å². The van der Waals surface area contributed by atoms with Crippen molar-refractivity contribution in [3.8, 4) is 5.75 Å². The number of rotatable bonds is 6. The lowest BCUT2D eigenvalue weighted by Crippen LogP contribution is -2.37. The molecule has 0 saturated carbocycles. The maximum atomic E-state index is 12.3. The zero-order valence-corrected chi connectivity index (χ0v) is 13.1. The first kappa shape index (κ1) is 17.0. The number of Topliss-reactive ketones (excluding diaryl/α,β-unsaturated/α-hetero) is 2. The summed E-state index contributed by atoms with van der Waals surface area (Å²) >= 11 is 0. The number of fused-ring (bicyclic) bond motifs is 1. The number of benzene rings is 1. The number of ketones is 2. The van der Waals surface area contributed by atoms with Gasteiger partial charge >= 0.3 is 0 Å². The average Bonchev–Trinajstić information content (AvgIpc) is 2.44. The molecule has 0 unspecified atom stereocenters. The number of nitrogen functional groups attached to an aromatic ring is 1. The van der Waals surface area contributed by atoms with Gasteiger partial charge in [0, 0.05) is 12.0 Å². The average molecular weight is 320 g/mol. The Labute approximate surface area is 133 Å². The fourth-order valence-electron chi connectivity index (χ4n) is 2.63. The Morgan fingerprint density at radius 2 is 2.22 bits per heavy atom. The van der Waals surface area contributed by atoms with Crippen molar-refractivity contribution in [2.24, 2.45) is 0 Å². The van der Waals surface area contributed by atoms with Crippen molar-refractivity contribution in [2.75, 3.05) is 12.3 Å². The number of nitrogens with one attached hydrogen (secondary N) is 1. The number of aliphatic hydroxyl groups excluding tert-OH is 1. The van der Waals surface area contributed by atoms with Crippen LogP contribution in [0, 0.1) is 0 Å². The third-order valence-corrected chi connectivity index (χ3v) is 3.71. The topological polar surface area (TPSA) is 119 Å². The molecule has 0 spiro atoms. The summed E-state index contributed by atoms with van der Waals surface area (Å²) in [7, 11) is 0. The van der Waals surface area contributed by atoms with Gasteiger partial charge in [-0.3, -0.25) is 14.4 Å². The van der Waals surface area contributed by atoms with Gasteiger partial charge in [-0.2, -0.15) is 0 Å². The molecule has 1 aliphatic rings. The van der Waals surface area contributed by atoms with Crippen LogP contribution >= 0.6 is 0 Å². The van der Waals surface area contributed by atoms with E-state index in [1.165, 1.54) is 6.07 Å². The van der Waals surface area contributed by atoms with E-state index in [0.717, 1.165) is 0 Å². The summed E-state index contributed by atoms with van der Waals surface area (Å²) in [5.74, 6) is -0.172. The quantitative estimate of drug-likeness (QED) is 0.403. The molecule has 4 N–H and O–H groups in total. The number of amides is 1. The molecule has 1 amide bonds. The van der Waals surface area contributed by atoms with Gasteiger partial charge < -0.3 is 20.9 Å². The van der Waals surface area contributed by atoms with Gasteiger partial charge in [0.25, 0.3) is 0 Å². The zero-order chi connectivity index (χ0) is 17.2. The van der Waals surface area contributed by atoms with Crippen molar-refractivity contribution < 1.29 is 24.2 Å². The highest BCUT2D eigenvalue weighted by Gasteiger charge is 2.35. The lowest BCUT2D eigenvalue weighted by Gasteiger charge is -2.32. The number of carbonyl (C=O) groups is 3. The van der Waals surface area contributed by atoms with E-state index in [0.29, 0.717) is 12.2 Å². The Morgan fingerprint density at radius 1 is 1.52 bits per heavy atom. The van der Waals surface area contributed by atoms with Crippen LogP contribution in [-0.4, -0.2) is 41.3 Å². The standard InChI is InChI=1S/C16H20N2O5/c1-16(2)6-12(22)14-13(23-16)4-3-10(15(14)17)11(21)5-9(7-19)18-8-20/h3-4,8-9,19H,5-7,17H2,1-2H3,(H,18,20)/t9-/m1/s1. The van der Waals surface area contributed by atoms with Gasteiger partial charge in [-0.1, -0.05) is 0 Å². The molecule has 0 saturated heterocycles. The Kier molecular flexibility index (Phi) is 4.70. The van der Waals surface area contributed by atoms with E-state index in [-0.39, 0.29) is 47.8 Å². The molecule has 2 rings (SSSR count). The first-order chi connectivity index (χ1) is 10.8. The van der Waals surface area contributed by atoms with Gasteiger partial charge in [0.15, 0.2) is 11.6 Å². The molecular weight excluding hydrogens is 300 g/mol. The van der Waals surface area contributed by atoms with Crippen molar-refractivity contribution in [3.63, 3.8) is 0 Å². The summed E-state index contributed by atoms with van der Waals surface area (Å²) in [5, 5.41) is 11.5. The molecule has 0 aliphatic carbocycles. The van der Waals surface area contributed by atoms with Gasteiger partial charge in [-0.05, 0) is 26.0 Å². The summed E-state index contributed by atoms with van der Waals surface area (Å²) in [4.78, 5) is 35.1. The highest BCUT2D eigenvalue weighted by atomic mass is 16.5. The van der Waals surface area contributed by atoms with Crippen LogP contribution in [0.3, 0.4) is 0 Å². The van der Waals surface area contributed by atoms with Crippen LogP contribution in [0.4, 0.5) is 5.69 Å². The minimum Gasteiger partial charge on any atom is -0.487 e. The lowest BCUT2D eigenvalue weighted by molar-refractivity contribution is -0.110. The lowest BCUT2D eigenvalue weighted by atomic mass is 9.89. The van der Waals surface area contributed by atoms with Crippen LogP contribution in [0.5, 0.6) is 5.75 Å². The normalized spacial score (nSPS) is 16.9. The molecule has 0 aromatic heterocycles. The summed E-state index contributed by atoms with van der Waals surface area (Å²) < 4.78 is 5.74. The molecule has 124 valence electrons. The van der Waals surface area contributed by atoms with Crippen molar-refractivity contribution in [1.82, 2.24) is 5.32 Å². The predicted octanol–water partition coefficient (Wildman–Crippen LogP) is 0.692. The van der Waals surface area contributed by atoms with E-state index in [4.69, 9.17) is 15.6 Å². The minimum absolute atomic E-state index is 0.0794. The molecule has 23 heavy (non-hydrogen) atoms. The molecule has 1 aromatic rings. The zero-order valence-electron chi connectivity index (χ0n) is 13.1. The maximum absolute atomic E-state index is 12.3. The Bertz CT molecular complexity index is 654. The smallest absolute Gasteiger partial charge is 0.207 e. The molecule has 1 heterocycles. The third kappa shape index (κ3) is 3.50. The minimum atomic E-state index is -0.693. The molecular formula is C16H20N2O5. The molecule has 1 aliphatic heterocycles. The summed E-state index contributed by atoms with van der Waals surface area (Å²) in [6.45, 7) is 3.24. The number of hydrogen-bond donors (Lipinski definition) is 3. The van der Waals surface area contributed by atoms with Crippen molar-refractivity contribution in [3.05, 3.63) is 23.3 Å². The van der Waals surface area contributed by atoms with Crippen LogP contribution < -0.4 is 15.8 Å². The van der Waals surface area contributed by atoms with Gasteiger partial charge in [0.1, 0.15) is 11.4 Å². The Balaban J connectivity index is 2.32. The molecule has 0 bridgehead atoms. The summed E-state index contributed by atoms with van der Waals surface area (Å²) in [6, 6.07) is 2.36. The van der Waals surface area contributed by atoms with E-state index in [9.17, 15) is 14.4 Å². The van der Waals surface area contributed by atoms with Crippen LogP contribution in [0.25, 0.3) is 0 Å². The molecule has 1 atom stereocenters. The fraction of sp³-hybridized carbons (Fsp3) is 0.438. The number of ether oxygens (including phenoxy) is 1. The second-order valence-corrected chi connectivity index (χ2v) is 6.15. The SMILES string of the molecule is CC1(C)CC(=O)c2c(ccc(C(=O)C[C@H](CO)NC=O)c2N)O1. The highest BCUT2D eigenvalue weighted by Crippen LogP contribution is 2.38. The first-order valence-electron chi connectivity index (χ1n) is 7.27.